The lowest BCUT2D eigenvalue weighted by molar-refractivity contribution is 0.103. The largest absolute Gasteiger partial charge is 0.494 e. The summed E-state index contributed by atoms with van der Waals surface area (Å²) in [6, 6.07) is 23.5. The molecule has 30 rings (SSSR count). The van der Waals surface area contributed by atoms with Crippen molar-refractivity contribution in [3.8, 4) is 0 Å². The minimum atomic E-state index is -0.318. The fourth-order valence-electron chi connectivity index (χ4n) is 25.7. The molecule has 0 spiro atoms. The first-order valence-corrected chi connectivity index (χ1v) is 56.4. The number of H-pyrrole nitrogens is 5. The molecule has 4 aliphatic heterocycles. The van der Waals surface area contributed by atoms with Crippen LogP contribution in [0.15, 0.2) is 198 Å². The Bertz CT molecular complexity index is 5420. The number of nitrogens with one attached hydrogen (secondary N) is 10. The second kappa shape index (κ2) is 46.0. The van der Waals surface area contributed by atoms with Gasteiger partial charge in [0, 0.05) is 228 Å². The number of rotatable bonds is 0. The minimum absolute atomic E-state index is 0.0683. The number of nitrogens with zero attached hydrogens (tertiary/aromatic N) is 6. The van der Waals surface area contributed by atoms with Gasteiger partial charge in [0.15, 0.2) is 6.39 Å². The standard InChI is InChI=1S/C10H16.C10H12.2C9H11N.C9H15N.2C9H11N.C8H14N2.C8H13NO.C8H13N.C8H11N.C7H10N2O.C7H10N2.C7H9NO2.C7H9NO/c2*1-7-8(2)10-6-4-3-5-9(7)10;2*1-6-7(2)9-5-10-4-3-8(6)9;3*1-6-7(2)9-8(6)4-3-5-10-9;2*1-5-6(2)8-7(5)9-3-4-10-8;2*1-5-6(2)8-7(5)3-4-9-8;1-3-4(2)6-5(3)8-7(10)9-6;1-4-5(2)7-6(4)3-8-9-7;1-3-4(2)6-5(3)8-7(9)10-6;1-4-5(2)7-6(4)8-3-9-7/h7-8H,3-6H2,1-2H3;3-8H,1-2H3;2*3-7H,1-2H3;6-7,10H,3-5H2,1-2H3;2*3-7H,1-2H3;5-6,9-10H,3-4H2,1-2H3;5-6,9H,3-4H2,1-2H3;5-6,9H,3-4H2,1-2H3;3-6,9H,1-2H3;3-4H,1-2H3,(H2,8,9,10);3-5H,1-2H3,(H,8,9);3-4H,1-2H3,(H,8,9);3-5H,1-2H3. The fourth-order valence-corrected chi connectivity index (χ4v) is 25.7. The number of benzene rings is 1. The molecule has 21 nitrogen and oxygen atoms in total. The van der Waals surface area contributed by atoms with Crippen LogP contribution in [0.5, 0.6) is 0 Å². The molecule has 0 radical (unpaired) electrons. The summed E-state index contributed by atoms with van der Waals surface area (Å²) in [4.78, 5) is 53.6. The van der Waals surface area contributed by atoms with Crippen LogP contribution >= 0.6 is 0 Å². The number of ether oxygens (including phenoxy) is 1. The van der Waals surface area contributed by atoms with Gasteiger partial charge in [-0.3, -0.25) is 30.0 Å². The summed E-state index contributed by atoms with van der Waals surface area (Å²) in [6.07, 6.45) is 26.7. The quantitative estimate of drug-likeness (QED) is 0.0632. The molecule has 1 aromatic carbocycles. The molecule has 13 heterocycles. The van der Waals surface area contributed by atoms with Crippen LogP contribution in [0.3, 0.4) is 0 Å². The van der Waals surface area contributed by atoms with Gasteiger partial charge in [0.1, 0.15) is 23.9 Å². The van der Waals surface area contributed by atoms with E-state index in [9.17, 15) is 9.59 Å². The van der Waals surface area contributed by atoms with Crippen LogP contribution in [-0.4, -0.2) is 94.4 Å². The SMILES string of the molecule is CC1C2=C(CCCC2)C1C.CC1C2=C(NCC2)C1C.CC1C2=C(NCCC2)C1C.CC1C2=C(NCCN2)C1C.CC1C2=C(OCCN2)C1C.CC1c2[nH]c(=O)[nH]c2C1C.CC1c2[nH]c(=O)oc2C1C.CC1c2cc[nH]c2C1C.CC1c2ccccc2C1C.CC1c2cccnc2C1C.CC1c2cccnc2C1C.CC1c2ccncc2C1C.CC1c2ccncc2C1C.CC1c2cn[nH]c2C1C.CC1c2ncoc2C1C. The Morgan fingerprint density at radius 1 is 0.281 bits per heavy atom. The van der Waals surface area contributed by atoms with Crippen molar-refractivity contribution in [1.29, 1.82) is 0 Å². The lowest BCUT2D eigenvalue weighted by atomic mass is 9.64. The highest BCUT2D eigenvalue weighted by molar-refractivity contribution is 5.47. The monoisotopic (exact) mass is 1980 g/mol. The molecule has 10 N–H and O–H groups in total. The van der Waals surface area contributed by atoms with Crippen LogP contribution in [-0.2, 0) is 4.74 Å². The third-order valence-electron chi connectivity index (χ3n) is 39.5. The fraction of sp³-hybridized carbons (Fsp3) is 0.584. The Kier molecular flexibility index (Phi) is 34.0. The molecule has 0 amide bonds. The zero-order valence-corrected chi connectivity index (χ0v) is 93.8. The van der Waals surface area contributed by atoms with Crippen LogP contribution in [0.1, 0.15) is 484 Å². The number of pyridine rings is 4. The average Bonchev–Trinajstić information content (AvgIpc) is 1.69. The molecule has 30 unspecified atom stereocenters. The summed E-state index contributed by atoms with van der Waals surface area (Å²) in [5, 5.41) is 24.0. The normalized spacial score (nSPS) is 32.6. The summed E-state index contributed by atoms with van der Waals surface area (Å²) in [5.74, 6) is 24.3. The third kappa shape index (κ3) is 21.0. The van der Waals surface area contributed by atoms with Gasteiger partial charge >= 0.3 is 11.4 Å². The first kappa shape index (κ1) is 108. The maximum absolute atomic E-state index is 10.7. The summed E-state index contributed by atoms with van der Waals surface area (Å²) in [7, 11) is 0. The molecule has 20 aliphatic rings. The van der Waals surface area contributed by atoms with E-state index >= 15 is 0 Å². The van der Waals surface area contributed by atoms with Crippen molar-refractivity contribution < 1.29 is 13.6 Å². The van der Waals surface area contributed by atoms with Gasteiger partial charge in [0.05, 0.1) is 23.3 Å². The van der Waals surface area contributed by atoms with E-state index in [0.29, 0.717) is 65.1 Å². The lowest BCUT2D eigenvalue weighted by Gasteiger charge is -2.42. The summed E-state index contributed by atoms with van der Waals surface area (Å²) < 4.78 is 15.5. The van der Waals surface area contributed by atoms with E-state index in [0.717, 1.165) is 173 Å². The molecule has 0 fully saturated rings. The Morgan fingerprint density at radius 2 is 0.692 bits per heavy atom. The molecule has 10 aromatic rings. The number of aromatic amines is 5. The van der Waals surface area contributed by atoms with Gasteiger partial charge in [-0.2, -0.15) is 5.10 Å². The molecule has 0 bridgehead atoms. The molecule has 16 aliphatic carbocycles. The van der Waals surface area contributed by atoms with Gasteiger partial charge in [-0.1, -0.05) is 255 Å². The first-order chi connectivity index (χ1) is 69.9. The van der Waals surface area contributed by atoms with Crippen molar-refractivity contribution in [1.82, 2.24) is 81.6 Å². The number of allylic oxidation sites excluding steroid dienone is 9. The lowest BCUT2D eigenvalue weighted by Crippen LogP contribution is -2.48. The van der Waals surface area contributed by atoms with Gasteiger partial charge < -0.3 is 55.1 Å². The van der Waals surface area contributed by atoms with E-state index < -0.39 is 0 Å². The number of hydrogen-bond donors (Lipinski definition) is 10. The molecular weight excluding hydrogens is 1810 g/mol. The highest BCUT2D eigenvalue weighted by Gasteiger charge is 2.44. The Hall–Kier alpha value is -11.0. The average molecular weight is 1980 g/mol. The van der Waals surface area contributed by atoms with Crippen LogP contribution in [0.25, 0.3) is 0 Å². The number of hydrogen-bond acceptors (Lipinski definition) is 16. The Balaban J connectivity index is 0.000000112. The Morgan fingerprint density at radius 3 is 1.18 bits per heavy atom. The minimum Gasteiger partial charge on any atom is -0.494 e. The third-order valence-corrected chi connectivity index (χ3v) is 39.5. The van der Waals surface area contributed by atoms with Crippen molar-refractivity contribution in [3.05, 3.63) is 313 Å². The van der Waals surface area contributed by atoms with Crippen molar-refractivity contribution in [2.24, 2.45) is 59.2 Å². The summed E-state index contributed by atoms with van der Waals surface area (Å²) in [6.45, 7) is 73.9. The number of imidazole rings is 1. The maximum Gasteiger partial charge on any atom is 0.416 e. The molecule has 786 valence electrons. The van der Waals surface area contributed by atoms with Gasteiger partial charge in [0.2, 0.25) is 0 Å². The Labute approximate surface area is 872 Å². The van der Waals surface area contributed by atoms with Gasteiger partial charge in [-0.05, 0) is 225 Å². The van der Waals surface area contributed by atoms with Crippen molar-refractivity contribution in [3.63, 3.8) is 0 Å². The molecule has 30 atom stereocenters. The first-order valence-electron chi connectivity index (χ1n) is 56.4. The zero-order valence-electron chi connectivity index (χ0n) is 93.8. The van der Waals surface area contributed by atoms with Gasteiger partial charge in [-0.25, -0.2) is 14.6 Å². The summed E-state index contributed by atoms with van der Waals surface area (Å²) >= 11 is 0. The number of fused-ring (bicyclic) bond motifs is 10. The van der Waals surface area contributed by atoms with E-state index in [1.54, 1.807) is 33.7 Å². The smallest absolute Gasteiger partial charge is 0.416 e. The highest BCUT2D eigenvalue weighted by Crippen LogP contribution is 2.55. The van der Waals surface area contributed by atoms with E-state index in [1.807, 2.05) is 72.9 Å². The molecule has 0 saturated carbocycles. The van der Waals surface area contributed by atoms with Crippen LogP contribution in [0, 0.1) is 59.2 Å². The predicted molar refractivity (Wildman–Crippen MR) is 593 cm³/mol. The van der Waals surface area contributed by atoms with Crippen molar-refractivity contribution in [2.45, 2.75) is 371 Å². The van der Waals surface area contributed by atoms with Crippen LogP contribution in [0.4, 0.5) is 0 Å². The van der Waals surface area contributed by atoms with Crippen molar-refractivity contribution in [2.75, 3.05) is 39.3 Å². The topological polar surface area (TPSA) is 286 Å². The molecule has 0 saturated heterocycles. The van der Waals surface area contributed by atoms with E-state index in [-0.39, 0.29) is 11.4 Å². The van der Waals surface area contributed by atoms with E-state index in [1.165, 1.54) is 155 Å². The van der Waals surface area contributed by atoms with Crippen LogP contribution < -0.4 is 38.0 Å². The molecule has 21 heteroatoms. The molecule has 9 aromatic heterocycles. The van der Waals surface area contributed by atoms with Gasteiger partial charge in [0.25, 0.3) is 0 Å². The zero-order chi connectivity index (χ0) is 105. The van der Waals surface area contributed by atoms with E-state index in [2.05, 4.69) is 344 Å². The second-order valence-electron chi connectivity index (χ2n) is 46.7. The molecular formula is C125H176N16O5. The highest BCUT2D eigenvalue weighted by atomic mass is 16.5. The second-order valence-corrected chi connectivity index (χ2v) is 46.7. The van der Waals surface area contributed by atoms with Crippen LogP contribution in [0.2, 0.25) is 0 Å². The number of aromatic nitrogens is 11. The number of oxazole rings is 2. The van der Waals surface area contributed by atoms with Crippen molar-refractivity contribution >= 4 is 0 Å². The molecule has 146 heavy (non-hydrogen) atoms. The predicted octanol–water partition coefficient (Wildman–Crippen LogP) is 28.3. The van der Waals surface area contributed by atoms with Gasteiger partial charge in [-0.15, -0.1) is 0 Å². The maximum atomic E-state index is 10.7. The van der Waals surface area contributed by atoms with E-state index in [4.69, 9.17) is 13.6 Å². The summed E-state index contributed by atoms with van der Waals surface area (Å²) in [5.41, 5.74) is 38.8.